The minimum Gasteiger partial charge on any atom is -0.326 e. The van der Waals surface area contributed by atoms with Crippen LogP contribution in [-0.2, 0) is 14.8 Å². The molecule has 0 aliphatic carbocycles. The van der Waals surface area contributed by atoms with E-state index >= 15 is 0 Å². The first-order valence-corrected chi connectivity index (χ1v) is 8.83. The summed E-state index contributed by atoms with van der Waals surface area (Å²) in [4.78, 5) is 23.9. The Balaban J connectivity index is 1.89. The number of Topliss-reactive ketones (excluding diaryl/α,β-unsaturated/α-hetero) is 1. The molecule has 0 heterocycles. The lowest BCUT2D eigenvalue weighted by Crippen LogP contribution is -2.14. The molecule has 2 rings (SSSR count). The van der Waals surface area contributed by atoms with Crippen molar-refractivity contribution in [1.29, 1.82) is 0 Å². The van der Waals surface area contributed by atoms with Crippen LogP contribution in [-0.4, -0.2) is 20.1 Å². The van der Waals surface area contributed by atoms with E-state index in [1.807, 2.05) is 19.1 Å². The van der Waals surface area contributed by atoms with Crippen LogP contribution in [0.3, 0.4) is 0 Å². The van der Waals surface area contributed by atoms with Crippen molar-refractivity contribution in [3.05, 3.63) is 59.7 Å². The Morgan fingerprint density at radius 1 is 0.958 bits per heavy atom. The maximum Gasteiger partial charge on any atom is 0.238 e. The van der Waals surface area contributed by atoms with Crippen molar-refractivity contribution in [2.24, 2.45) is 5.14 Å². The van der Waals surface area contributed by atoms with E-state index in [0.29, 0.717) is 11.3 Å². The zero-order valence-corrected chi connectivity index (χ0v) is 14.0. The summed E-state index contributed by atoms with van der Waals surface area (Å²) in [6.07, 6.45) is 0.147. The Kier molecular flexibility index (Phi) is 5.48. The van der Waals surface area contributed by atoms with E-state index in [1.54, 1.807) is 12.1 Å². The van der Waals surface area contributed by atoms with Crippen molar-refractivity contribution in [2.75, 3.05) is 5.32 Å². The van der Waals surface area contributed by atoms with Crippen LogP contribution in [0.2, 0.25) is 0 Å². The van der Waals surface area contributed by atoms with Crippen LogP contribution in [0.1, 0.15) is 28.8 Å². The molecular formula is C17H18N2O4S. The molecule has 0 radical (unpaired) electrons. The third kappa shape index (κ3) is 5.00. The molecule has 1 amide bonds. The number of benzene rings is 2. The number of sulfonamides is 1. The van der Waals surface area contributed by atoms with Gasteiger partial charge in [0, 0.05) is 24.1 Å². The Hall–Kier alpha value is -2.51. The quantitative estimate of drug-likeness (QED) is 0.782. The monoisotopic (exact) mass is 346 g/mol. The molecule has 2 aromatic carbocycles. The SMILES string of the molecule is Cc1ccc(C(=O)CCC(=O)Nc2ccc(S(N)(=O)=O)cc2)cc1. The van der Waals surface area contributed by atoms with Gasteiger partial charge < -0.3 is 5.32 Å². The van der Waals surface area contributed by atoms with E-state index in [1.165, 1.54) is 24.3 Å². The Bertz CT molecular complexity index is 841. The lowest BCUT2D eigenvalue weighted by Gasteiger charge is -2.06. The molecule has 24 heavy (non-hydrogen) atoms. The van der Waals surface area contributed by atoms with Crippen LogP contribution in [0.15, 0.2) is 53.4 Å². The number of hydrogen-bond acceptors (Lipinski definition) is 4. The second-order valence-electron chi connectivity index (χ2n) is 5.41. The number of primary sulfonamides is 1. The lowest BCUT2D eigenvalue weighted by molar-refractivity contribution is -0.116. The van der Waals surface area contributed by atoms with Crippen molar-refractivity contribution in [3.8, 4) is 0 Å². The first kappa shape index (κ1) is 17.8. The molecule has 3 N–H and O–H groups in total. The summed E-state index contributed by atoms with van der Waals surface area (Å²) in [5, 5.41) is 7.61. The second kappa shape index (κ2) is 7.37. The summed E-state index contributed by atoms with van der Waals surface area (Å²) in [5.74, 6) is -0.423. The third-order valence-electron chi connectivity index (χ3n) is 3.42. The second-order valence-corrected chi connectivity index (χ2v) is 6.97. The maximum atomic E-state index is 12.0. The summed E-state index contributed by atoms with van der Waals surface area (Å²) >= 11 is 0. The van der Waals surface area contributed by atoms with Crippen LogP contribution in [0.25, 0.3) is 0 Å². The Morgan fingerprint density at radius 2 is 1.54 bits per heavy atom. The fourth-order valence-corrected chi connectivity index (χ4v) is 2.58. The number of rotatable bonds is 6. The number of anilines is 1. The number of aryl methyl sites for hydroxylation is 1. The minimum atomic E-state index is -3.76. The molecule has 126 valence electrons. The average Bonchev–Trinajstić information content (AvgIpc) is 2.53. The lowest BCUT2D eigenvalue weighted by atomic mass is 10.0. The molecule has 0 atom stereocenters. The number of nitrogens with two attached hydrogens (primary N) is 1. The largest absolute Gasteiger partial charge is 0.326 e. The van der Waals surface area contributed by atoms with Crippen LogP contribution in [0.4, 0.5) is 5.69 Å². The van der Waals surface area contributed by atoms with Crippen molar-refractivity contribution in [3.63, 3.8) is 0 Å². The molecule has 0 aliphatic heterocycles. The van der Waals surface area contributed by atoms with E-state index in [0.717, 1.165) is 5.56 Å². The fraction of sp³-hybridized carbons (Fsp3) is 0.176. The first-order valence-electron chi connectivity index (χ1n) is 7.28. The highest BCUT2D eigenvalue weighted by Crippen LogP contribution is 2.14. The van der Waals surface area contributed by atoms with E-state index in [-0.39, 0.29) is 29.4 Å². The molecule has 0 spiro atoms. The standard InChI is InChI=1S/C17H18N2O4S/c1-12-2-4-13(5-3-12)16(20)10-11-17(21)19-14-6-8-15(9-7-14)24(18,22)23/h2-9H,10-11H2,1H3,(H,19,21)(H2,18,22,23). The van der Waals surface area contributed by atoms with Crippen LogP contribution < -0.4 is 10.5 Å². The first-order chi connectivity index (χ1) is 11.3. The zero-order chi connectivity index (χ0) is 17.7. The molecule has 0 unspecified atom stereocenters. The van der Waals surface area contributed by atoms with Crippen molar-refractivity contribution in [1.82, 2.24) is 0 Å². The van der Waals surface area contributed by atoms with Gasteiger partial charge in [0.05, 0.1) is 4.90 Å². The number of amides is 1. The van der Waals surface area contributed by atoms with Gasteiger partial charge in [-0.2, -0.15) is 0 Å². The van der Waals surface area contributed by atoms with Crippen LogP contribution >= 0.6 is 0 Å². The molecule has 7 heteroatoms. The minimum absolute atomic E-state index is 0.0324. The molecule has 0 bridgehead atoms. The maximum absolute atomic E-state index is 12.0. The van der Waals surface area contributed by atoms with Crippen LogP contribution in [0, 0.1) is 6.92 Å². The number of nitrogens with one attached hydrogen (secondary N) is 1. The summed E-state index contributed by atoms with van der Waals surface area (Å²) in [6.45, 7) is 1.93. The predicted molar refractivity (Wildman–Crippen MR) is 91.2 cm³/mol. The van der Waals surface area contributed by atoms with Gasteiger partial charge in [0.25, 0.3) is 0 Å². The molecule has 0 saturated carbocycles. The van der Waals surface area contributed by atoms with E-state index in [2.05, 4.69) is 5.32 Å². The van der Waals surface area contributed by atoms with Gasteiger partial charge in [-0.3, -0.25) is 9.59 Å². The fourth-order valence-electron chi connectivity index (χ4n) is 2.06. The highest BCUT2D eigenvalue weighted by Gasteiger charge is 2.11. The molecule has 0 fully saturated rings. The van der Waals surface area contributed by atoms with Gasteiger partial charge in [0.2, 0.25) is 15.9 Å². The smallest absolute Gasteiger partial charge is 0.238 e. The third-order valence-corrected chi connectivity index (χ3v) is 4.35. The summed E-state index contributed by atoms with van der Waals surface area (Å²) in [7, 11) is -3.76. The van der Waals surface area contributed by atoms with Crippen molar-refractivity contribution >= 4 is 27.4 Å². The normalized spacial score (nSPS) is 11.1. The van der Waals surface area contributed by atoms with Gasteiger partial charge in [-0.1, -0.05) is 29.8 Å². The van der Waals surface area contributed by atoms with Crippen LogP contribution in [0.5, 0.6) is 0 Å². The van der Waals surface area contributed by atoms with Gasteiger partial charge in [0.1, 0.15) is 0 Å². The number of carbonyl (C=O) groups excluding carboxylic acids is 2. The highest BCUT2D eigenvalue weighted by atomic mass is 32.2. The molecule has 2 aromatic rings. The topological polar surface area (TPSA) is 106 Å². The van der Waals surface area contributed by atoms with E-state index < -0.39 is 10.0 Å². The predicted octanol–water partition coefficient (Wildman–Crippen LogP) is 2.24. The van der Waals surface area contributed by atoms with Gasteiger partial charge in [-0.05, 0) is 31.2 Å². The number of carbonyl (C=O) groups is 2. The van der Waals surface area contributed by atoms with Gasteiger partial charge in [0.15, 0.2) is 5.78 Å². The number of ketones is 1. The van der Waals surface area contributed by atoms with E-state index in [9.17, 15) is 18.0 Å². The summed E-state index contributed by atoms with van der Waals surface area (Å²) in [5.41, 5.74) is 2.08. The van der Waals surface area contributed by atoms with Gasteiger partial charge in [-0.25, -0.2) is 13.6 Å². The molecule has 0 saturated heterocycles. The molecule has 0 aromatic heterocycles. The molecule has 0 aliphatic rings. The van der Waals surface area contributed by atoms with Crippen molar-refractivity contribution in [2.45, 2.75) is 24.7 Å². The average molecular weight is 346 g/mol. The van der Waals surface area contributed by atoms with Gasteiger partial charge in [-0.15, -0.1) is 0 Å². The van der Waals surface area contributed by atoms with E-state index in [4.69, 9.17) is 5.14 Å². The van der Waals surface area contributed by atoms with Gasteiger partial charge >= 0.3 is 0 Å². The highest BCUT2D eigenvalue weighted by molar-refractivity contribution is 7.89. The summed E-state index contributed by atoms with van der Waals surface area (Å²) < 4.78 is 22.3. The zero-order valence-electron chi connectivity index (χ0n) is 13.2. The Morgan fingerprint density at radius 3 is 2.08 bits per heavy atom. The summed E-state index contributed by atoms with van der Waals surface area (Å²) in [6, 6.07) is 12.7. The number of hydrogen-bond donors (Lipinski definition) is 2. The molecular weight excluding hydrogens is 328 g/mol. The Labute approximate surface area is 140 Å². The van der Waals surface area contributed by atoms with Crippen molar-refractivity contribution < 1.29 is 18.0 Å². The molecule has 6 nitrogen and oxygen atoms in total.